The Labute approximate surface area is 453 Å². The molecular formula is C59H88IN3O10. The molecule has 7 aliphatic rings. The van der Waals surface area contributed by atoms with Crippen LogP contribution in [0, 0.1) is 17.8 Å². The quantitative estimate of drug-likeness (QED) is 0.129. The first kappa shape index (κ1) is 61.5. The maximum Gasteiger partial charge on any atom is 0.410 e. The highest BCUT2D eigenvalue weighted by atomic mass is 127. The van der Waals surface area contributed by atoms with E-state index < -0.39 is 23.2 Å². The third-order valence-corrected chi connectivity index (χ3v) is 14.8. The molecule has 5 atom stereocenters. The molecule has 3 aliphatic carbocycles. The van der Waals surface area contributed by atoms with Gasteiger partial charge < -0.3 is 44.3 Å². The summed E-state index contributed by atoms with van der Waals surface area (Å²) in [6.45, 7) is 28.6. The van der Waals surface area contributed by atoms with Crippen LogP contribution in [0.3, 0.4) is 0 Å². The van der Waals surface area contributed by atoms with E-state index >= 15 is 0 Å². The van der Waals surface area contributed by atoms with Crippen molar-refractivity contribution in [3.63, 3.8) is 0 Å². The minimum absolute atomic E-state index is 0. The van der Waals surface area contributed by atoms with Crippen molar-refractivity contribution in [3.05, 3.63) is 106 Å². The van der Waals surface area contributed by atoms with E-state index in [-0.39, 0.29) is 77.7 Å². The van der Waals surface area contributed by atoms with E-state index in [2.05, 4.69) is 35.6 Å². The van der Waals surface area contributed by atoms with Crippen molar-refractivity contribution in [2.75, 3.05) is 59.6 Å². The number of rotatable bonds is 4. The standard InChI is InChI=1S/C20H25NO5.C19H27NO4.C14H17NO.3C2H6.HI/c1-19(2,3)26-18(24)21-11-20(12-21)10-13(9-16(22)25-4)17(23)14-7-5-6-8-15(14)20;1-18(2,3)24-17(23)20-11-19(12-20)10-13(8-9-21)16(22)14-6-4-5-7-15(14)19;1-2-4-12-11(3-1)13-10(5-6-16-13)7-14(12)8-15-9-14;3*1-2;/h5-8,13H,9-12H2,1-4H3;4-7,13,16,21-22H,8-12H2,1-3H3;1-4,10,13,15H,5-9H2;3*1-2H3;1H. The van der Waals surface area contributed by atoms with Gasteiger partial charge in [-0.15, -0.1) is 24.0 Å². The summed E-state index contributed by atoms with van der Waals surface area (Å²) in [4.78, 5) is 52.5. The van der Waals surface area contributed by atoms with Crippen LogP contribution in [-0.2, 0) is 40.0 Å². The van der Waals surface area contributed by atoms with Gasteiger partial charge in [0.2, 0.25) is 0 Å². The summed E-state index contributed by atoms with van der Waals surface area (Å²) in [6, 6.07) is 24.3. The molecule has 0 saturated carbocycles. The Morgan fingerprint density at radius 1 is 0.699 bits per heavy atom. The van der Waals surface area contributed by atoms with Crippen molar-refractivity contribution >= 4 is 47.9 Å². The number of carbonyl (C=O) groups excluding carboxylic acids is 4. The number of amides is 2. The molecule has 10 rings (SSSR count). The number of hydrogen-bond donors (Lipinski definition) is 3. The first-order chi connectivity index (χ1) is 34.3. The average Bonchev–Trinajstić information content (AvgIpc) is 3.81. The number of aliphatic hydroxyl groups excluding tert-OH is 2. The normalized spacial score (nSPS) is 23.5. The number of ether oxygens (including phenoxy) is 4. The van der Waals surface area contributed by atoms with Gasteiger partial charge in [-0.25, -0.2) is 9.59 Å². The van der Waals surface area contributed by atoms with E-state index in [1.165, 1.54) is 25.5 Å². The zero-order chi connectivity index (χ0) is 53.2. The molecule has 406 valence electrons. The van der Waals surface area contributed by atoms with Crippen molar-refractivity contribution in [1.29, 1.82) is 0 Å². The van der Waals surface area contributed by atoms with E-state index in [0.29, 0.717) is 56.1 Å². The van der Waals surface area contributed by atoms with Crippen molar-refractivity contribution in [2.24, 2.45) is 17.8 Å². The monoisotopic (exact) mass is 1130 g/mol. The van der Waals surface area contributed by atoms with Gasteiger partial charge in [-0.3, -0.25) is 9.59 Å². The first-order valence-electron chi connectivity index (χ1n) is 26.8. The van der Waals surface area contributed by atoms with Crippen LogP contribution in [0.4, 0.5) is 9.59 Å². The molecule has 3 aromatic rings. The molecule has 14 heteroatoms. The van der Waals surface area contributed by atoms with Gasteiger partial charge in [-0.05, 0) is 113 Å². The Morgan fingerprint density at radius 3 is 1.67 bits per heavy atom. The van der Waals surface area contributed by atoms with Crippen LogP contribution in [0.2, 0.25) is 0 Å². The lowest BCUT2D eigenvalue weighted by molar-refractivity contribution is -0.141. The van der Waals surface area contributed by atoms with Gasteiger partial charge in [0.05, 0.1) is 25.7 Å². The van der Waals surface area contributed by atoms with Crippen LogP contribution >= 0.6 is 24.0 Å². The summed E-state index contributed by atoms with van der Waals surface area (Å²) in [5.41, 5.74) is 5.65. The number of carbonyl (C=O) groups is 4. The second-order valence-electron chi connectivity index (χ2n) is 21.8. The molecule has 2 amide bonds. The number of methoxy groups -OCH3 is 1. The number of aliphatic hydroxyl groups is 2. The van der Waals surface area contributed by atoms with Gasteiger partial charge in [0, 0.05) is 80.2 Å². The predicted octanol–water partition coefficient (Wildman–Crippen LogP) is 11.3. The predicted molar refractivity (Wildman–Crippen MR) is 298 cm³/mol. The number of likely N-dealkylation sites (tertiary alicyclic amines) is 2. The minimum atomic E-state index is -0.548. The number of benzene rings is 3. The Bertz CT molecular complexity index is 2290. The summed E-state index contributed by atoms with van der Waals surface area (Å²) in [6.07, 6.45) is 3.75. The molecule has 5 unspecified atom stereocenters. The number of fused-ring (bicyclic) bond motifs is 8. The zero-order valence-corrected chi connectivity index (χ0v) is 48.5. The lowest BCUT2D eigenvalue weighted by Gasteiger charge is -2.55. The fourth-order valence-electron chi connectivity index (χ4n) is 11.8. The van der Waals surface area contributed by atoms with Gasteiger partial charge in [0.1, 0.15) is 11.2 Å². The molecular weight excluding hydrogens is 1040 g/mol. The molecule has 4 fully saturated rings. The number of halogens is 1. The fourth-order valence-corrected chi connectivity index (χ4v) is 11.8. The van der Waals surface area contributed by atoms with Crippen LogP contribution in [-0.4, -0.2) is 115 Å². The molecule has 13 nitrogen and oxygen atoms in total. The third kappa shape index (κ3) is 13.7. The third-order valence-electron chi connectivity index (χ3n) is 14.8. The lowest BCUT2D eigenvalue weighted by Crippen LogP contribution is -2.64. The van der Waals surface area contributed by atoms with E-state index in [4.69, 9.17) is 18.9 Å². The Morgan fingerprint density at radius 2 is 1.18 bits per heavy atom. The summed E-state index contributed by atoms with van der Waals surface area (Å²) < 4.78 is 21.6. The summed E-state index contributed by atoms with van der Waals surface area (Å²) in [7, 11) is 1.33. The van der Waals surface area contributed by atoms with Crippen LogP contribution < -0.4 is 5.32 Å². The maximum atomic E-state index is 12.8. The molecule has 4 saturated heterocycles. The highest BCUT2D eigenvalue weighted by Gasteiger charge is 2.55. The fraction of sp³-hybridized carbons (Fsp3) is 0.627. The summed E-state index contributed by atoms with van der Waals surface area (Å²) in [5, 5.41) is 23.4. The average molecular weight is 1130 g/mol. The summed E-state index contributed by atoms with van der Waals surface area (Å²) >= 11 is 0. The number of hydrogen-bond acceptors (Lipinski definition) is 11. The maximum absolute atomic E-state index is 12.8. The molecule has 3 spiro atoms. The molecule has 0 aromatic heterocycles. The van der Waals surface area contributed by atoms with Crippen LogP contribution in [0.5, 0.6) is 0 Å². The first-order valence-corrected chi connectivity index (χ1v) is 26.8. The smallest absolute Gasteiger partial charge is 0.410 e. The number of esters is 1. The molecule has 3 N–H and O–H groups in total. The minimum Gasteiger partial charge on any atom is -0.469 e. The van der Waals surface area contributed by atoms with Gasteiger partial charge in [-0.1, -0.05) is 114 Å². The Kier molecular flexibility index (Phi) is 22.0. The Balaban J connectivity index is 0.000000228. The molecule has 3 aromatic carbocycles. The largest absolute Gasteiger partial charge is 0.469 e. The van der Waals surface area contributed by atoms with E-state index in [1.54, 1.807) is 21.4 Å². The van der Waals surface area contributed by atoms with Gasteiger partial charge >= 0.3 is 18.2 Å². The lowest BCUT2D eigenvalue weighted by atomic mass is 9.60. The van der Waals surface area contributed by atoms with E-state index in [1.807, 2.05) is 119 Å². The molecule has 0 bridgehead atoms. The van der Waals surface area contributed by atoms with E-state index in [0.717, 1.165) is 48.7 Å². The molecule has 4 aliphatic heterocycles. The van der Waals surface area contributed by atoms with Crippen LogP contribution in [0.25, 0.3) is 0 Å². The topological polar surface area (TPSA) is 164 Å². The summed E-state index contributed by atoms with van der Waals surface area (Å²) in [5.74, 6) is -0.0469. The molecule has 73 heavy (non-hydrogen) atoms. The number of nitrogens with zero attached hydrogens (tertiary/aromatic N) is 2. The molecule has 4 heterocycles. The van der Waals surface area contributed by atoms with Gasteiger partial charge in [0.25, 0.3) is 0 Å². The van der Waals surface area contributed by atoms with Crippen molar-refractivity contribution < 1.29 is 48.3 Å². The van der Waals surface area contributed by atoms with Crippen molar-refractivity contribution in [3.8, 4) is 0 Å². The van der Waals surface area contributed by atoms with Crippen molar-refractivity contribution in [2.45, 2.75) is 161 Å². The van der Waals surface area contributed by atoms with Crippen molar-refractivity contribution in [1.82, 2.24) is 15.1 Å². The van der Waals surface area contributed by atoms with Crippen LogP contribution in [0.1, 0.15) is 172 Å². The molecule has 0 radical (unpaired) electrons. The highest BCUT2D eigenvalue weighted by molar-refractivity contribution is 14.0. The number of ketones is 1. The van der Waals surface area contributed by atoms with Gasteiger partial charge in [-0.2, -0.15) is 0 Å². The second kappa shape index (κ2) is 26.1. The van der Waals surface area contributed by atoms with Crippen LogP contribution in [0.15, 0.2) is 72.8 Å². The zero-order valence-electron chi connectivity index (χ0n) is 46.2. The second-order valence-corrected chi connectivity index (χ2v) is 21.8. The number of nitrogens with one attached hydrogen (secondary N) is 1. The van der Waals surface area contributed by atoms with E-state index in [9.17, 15) is 29.4 Å². The SMILES string of the molecule is CC.CC.CC.CC(C)(C)OC(=O)N1CC2(CC(CCO)C(O)c3ccccc32)C1.COC(=O)CC1CC2(CN(C(=O)OC(C)(C)C)C2)c2ccccc2C1=O.I.c1ccc2c(c1)C1OCCC1CC21CNC1. The number of Topliss-reactive ketones (excluding diaryl/α,β-unsaturated/α-hetero) is 1. The Hall–Kier alpha value is -4.09. The van der Waals surface area contributed by atoms with Gasteiger partial charge in [0.15, 0.2) is 5.78 Å². The highest BCUT2D eigenvalue weighted by Crippen LogP contribution is 2.53.